The summed E-state index contributed by atoms with van der Waals surface area (Å²) in [6.07, 6.45) is 3.43. The summed E-state index contributed by atoms with van der Waals surface area (Å²) >= 11 is 0. The van der Waals surface area contributed by atoms with E-state index in [9.17, 15) is 0 Å². The molecule has 0 unspecified atom stereocenters. The zero-order chi connectivity index (χ0) is 17.7. The molecule has 1 aliphatic carbocycles. The molecule has 0 aromatic heterocycles. The average molecular weight is 321 g/mol. The normalized spacial score (nSPS) is 14.8. The summed E-state index contributed by atoms with van der Waals surface area (Å²) < 4.78 is 0. The molecule has 0 nitrogen and oxygen atoms in total. The summed E-state index contributed by atoms with van der Waals surface area (Å²) in [5.74, 6) is 0. The van der Waals surface area contributed by atoms with Crippen LogP contribution in [0.15, 0.2) is 30.3 Å². The van der Waals surface area contributed by atoms with Gasteiger partial charge >= 0.3 is 0 Å². The summed E-state index contributed by atoms with van der Waals surface area (Å²) in [6, 6.07) is 12.1. The highest BCUT2D eigenvalue weighted by Crippen LogP contribution is 2.33. The third-order valence-corrected chi connectivity index (χ3v) is 5.53. The molecule has 0 fully saturated rings. The minimum atomic E-state index is 0.210. The maximum absolute atomic E-state index is 2.47. The van der Waals surface area contributed by atoms with Crippen LogP contribution in [0.4, 0.5) is 0 Å². The Labute approximate surface area is 148 Å². The molecular formula is C24H32. The van der Waals surface area contributed by atoms with Crippen molar-refractivity contribution in [3.05, 3.63) is 69.3 Å². The average Bonchev–Trinajstić information content (AvgIpc) is 2.63. The van der Waals surface area contributed by atoms with E-state index < -0.39 is 0 Å². The fourth-order valence-electron chi connectivity index (χ4n) is 3.80. The van der Waals surface area contributed by atoms with E-state index in [2.05, 4.69) is 78.8 Å². The number of rotatable bonds is 0. The van der Waals surface area contributed by atoms with E-state index in [1.165, 1.54) is 40.7 Å². The zero-order valence-corrected chi connectivity index (χ0v) is 16.5. The van der Waals surface area contributed by atoms with E-state index >= 15 is 0 Å². The summed E-state index contributed by atoms with van der Waals surface area (Å²) in [7, 11) is 0. The molecule has 0 amide bonds. The SMILES string of the molecule is Cc1cc(C(C)(C)C)cc2c1CCc1ccc(C(C)(C)C)cc1C2. The standard InChI is InChI=1S/C24H32/c1-16-12-21(24(5,6)7)15-19-13-18-14-20(23(2,3)4)10-8-17(18)9-11-22(16)19/h8,10,12,14-15H,9,11,13H2,1-7H3. The van der Waals surface area contributed by atoms with Crippen molar-refractivity contribution in [2.75, 3.05) is 0 Å². The molecule has 0 spiro atoms. The fraction of sp³-hybridized carbons (Fsp3) is 0.500. The largest absolute Gasteiger partial charge is 0.0585 e. The Morgan fingerprint density at radius 2 is 1.29 bits per heavy atom. The van der Waals surface area contributed by atoms with Crippen LogP contribution in [0.2, 0.25) is 0 Å². The Bertz CT molecular complexity index is 764. The minimum Gasteiger partial charge on any atom is -0.0585 e. The van der Waals surface area contributed by atoms with Crippen LogP contribution in [-0.2, 0) is 30.1 Å². The number of aryl methyl sites for hydroxylation is 2. The Kier molecular flexibility index (Phi) is 4.14. The van der Waals surface area contributed by atoms with E-state index in [1.54, 1.807) is 11.1 Å². The van der Waals surface area contributed by atoms with Crippen molar-refractivity contribution in [3.63, 3.8) is 0 Å². The molecule has 128 valence electrons. The van der Waals surface area contributed by atoms with Crippen molar-refractivity contribution in [3.8, 4) is 0 Å². The molecule has 0 bridgehead atoms. The highest BCUT2D eigenvalue weighted by Gasteiger charge is 2.22. The Morgan fingerprint density at radius 1 is 0.667 bits per heavy atom. The van der Waals surface area contributed by atoms with Crippen LogP contribution >= 0.6 is 0 Å². The topological polar surface area (TPSA) is 0 Å². The van der Waals surface area contributed by atoms with Gasteiger partial charge in [0.1, 0.15) is 0 Å². The molecule has 0 saturated heterocycles. The number of hydrogen-bond donors (Lipinski definition) is 0. The molecule has 3 rings (SSSR count). The molecule has 1 aliphatic rings. The smallest absolute Gasteiger partial charge is 0.00200 e. The van der Waals surface area contributed by atoms with Gasteiger partial charge in [0.25, 0.3) is 0 Å². The lowest BCUT2D eigenvalue weighted by atomic mass is 9.82. The van der Waals surface area contributed by atoms with E-state index in [1.807, 2.05) is 0 Å². The van der Waals surface area contributed by atoms with Crippen molar-refractivity contribution in [2.45, 2.75) is 78.6 Å². The van der Waals surface area contributed by atoms with Crippen molar-refractivity contribution < 1.29 is 0 Å². The van der Waals surface area contributed by atoms with Crippen molar-refractivity contribution in [1.29, 1.82) is 0 Å². The van der Waals surface area contributed by atoms with Crippen molar-refractivity contribution in [1.82, 2.24) is 0 Å². The van der Waals surface area contributed by atoms with Crippen LogP contribution in [0.5, 0.6) is 0 Å². The highest BCUT2D eigenvalue weighted by molar-refractivity contribution is 5.48. The van der Waals surface area contributed by atoms with E-state index in [0.717, 1.165) is 6.42 Å². The first-order chi connectivity index (χ1) is 11.1. The molecule has 0 N–H and O–H groups in total. The lowest BCUT2D eigenvalue weighted by molar-refractivity contribution is 0.588. The van der Waals surface area contributed by atoms with Crippen LogP contribution in [0.25, 0.3) is 0 Å². The van der Waals surface area contributed by atoms with E-state index in [4.69, 9.17) is 0 Å². The predicted molar refractivity (Wildman–Crippen MR) is 105 cm³/mol. The van der Waals surface area contributed by atoms with Crippen LogP contribution in [-0.4, -0.2) is 0 Å². The first kappa shape index (κ1) is 17.3. The fourth-order valence-corrected chi connectivity index (χ4v) is 3.80. The van der Waals surface area contributed by atoms with Gasteiger partial charge in [-0.3, -0.25) is 0 Å². The van der Waals surface area contributed by atoms with Crippen molar-refractivity contribution >= 4 is 0 Å². The zero-order valence-electron chi connectivity index (χ0n) is 16.5. The van der Waals surface area contributed by atoms with Gasteiger partial charge < -0.3 is 0 Å². The summed E-state index contributed by atoms with van der Waals surface area (Å²) in [4.78, 5) is 0. The maximum atomic E-state index is 2.47. The Balaban J connectivity index is 2.09. The highest BCUT2D eigenvalue weighted by atomic mass is 14.3. The molecule has 0 aliphatic heterocycles. The molecule has 0 saturated carbocycles. The summed E-state index contributed by atoms with van der Waals surface area (Å²) in [5.41, 5.74) is 11.0. The van der Waals surface area contributed by atoms with Gasteiger partial charge in [-0.2, -0.15) is 0 Å². The number of benzene rings is 2. The van der Waals surface area contributed by atoms with Gasteiger partial charge in [0.05, 0.1) is 0 Å². The Morgan fingerprint density at radius 3 is 1.92 bits per heavy atom. The van der Waals surface area contributed by atoms with E-state index in [0.29, 0.717) is 0 Å². The first-order valence-corrected chi connectivity index (χ1v) is 9.31. The van der Waals surface area contributed by atoms with Crippen LogP contribution < -0.4 is 0 Å². The minimum absolute atomic E-state index is 0.210. The molecule has 0 heteroatoms. The number of hydrogen-bond acceptors (Lipinski definition) is 0. The van der Waals surface area contributed by atoms with Gasteiger partial charge in [-0.25, -0.2) is 0 Å². The van der Waals surface area contributed by atoms with Gasteiger partial charge in [-0.1, -0.05) is 71.9 Å². The predicted octanol–water partition coefficient (Wildman–Crippen LogP) is 6.28. The van der Waals surface area contributed by atoms with Gasteiger partial charge in [-0.05, 0) is 76.0 Å². The second kappa shape index (κ2) is 5.76. The number of fused-ring (bicyclic) bond motifs is 2. The van der Waals surface area contributed by atoms with Crippen LogP contribution in [0.1, 0.15) is 80.5 Å². The quantitative estimate of drug-likeness (QED) is 0.536. The van der Waals surface area contributed by atoms with Crippen LogP contribution in [0, 0.1) is 6.92 Å². The second-order valence-electron chi connectivity index (χ2n) is 9.59. The molecule has 0 heterocycles. The molecule has 24 heavy (non-hydrogen) atoms. The first-order valence-electron chi connectivity index (χ1n) is 9.31. The second-order valence-corrected chi connectivity index (χ2v) is 9.59. The lowest BCUT2D eigenvalue weighted by Crippen LogP contribution is -2.13. The van der Waals surface area contributed by atoms with Crippen molar-refractivity contribution in [2.24, 2.45) is 0 Å². The van der Waals surface area contributed by atoms with Gasteiger partial charge in [-0.15, -0.1) is 0 Å². The summed E-state index contributed by atoms with van der Waals surface area (Å²) in [6.45, 7) is 16.2. The molecule has 2 aromatic carbocycles. The third-order valence-electron chi connectivity index (χ3n) is 5.53. The van der Waals surface area contributed by atoms with Gasteiger partial charge in [0.15, 0.2) is 0 Å². The third kappa shape index (κ3) is 3.29. The Hall–Kier alpha value is -1.56. The van der Waals surface area contributed by atoms with E-state index in [-0.39, 0.29) is 10.8 Å². The van der Waals surface area contributed by atoms with Gasteiger partial charge in [0, 0.05) is 0 Å². The monoisotopic (exact) mass is 320 g/mol. The lowest BCUT2D eigenvalue weighted by Gasteiger charge is -2.23. The van der Waals surface area contributed by atoms with Crippen LogP contribution in [0.3, 0.4) is 0 Å². The molecule has 2 aromatic rings. The van der Waals surface area contributed by atoms with Gasteiger partial charge in [0.2, 0.25) is 0 Å². The maximum Gasteiger partial charge on any atom is -0.00200 e. The molecular weight excluding hydrogens is 288 g/mol. The molecule has 0 radical (unpaired) electrons. The molecule has 0 atom stereocenters. The summed E-state index contributed by atoms with van der Waals surface area (Å²) in [5, 5.41) is 0.